The molecule has 7 nitrogen and oxygen atoms in total. The SMILES string of the molecule is O=C(O)[C@]12COCC[C@H]1CN(Cc1cnc(NCc3ccccc3)nc1)C2. The number of hydrogen-bond acceptors (Lipinski definition) is 6. The van der Waals surface area contributed by atoms with Crippen LogP contribution < -0.4 is 5.32 Å². The van der Waals surface area contributed by atoms with Crippen molar-refractivity contribution in [3.8, 4) is 0 Å². The summed E-state index contributed by atoms with van der Waals surface area (Å²) in [4.78, 5) is 22.8. The van der Waals surface area contributed by atoms with E-state index in [2.05, 4.69) is 32.3 Å². The summed E-state index contributed by atoms with van der Waals surface area (Å²) in [5.74, 6) is -0.00371. The molecule has 2 N–H and O–H groups in total. The highest BCUT2D eigenvalue weighted by atomic mass is 16.5. The number of rotatable bonds is 6. The molecule has 4 rings (SSSR count). The van der Waals surface area contributed by atoms with E-state index >= 15 is 0 Å². The summed E-state index contributed by atoms with van der Waals surface area (Å²) in [5.41, 5.74) is 1.39. The zero-order valence-electron chi connectivity index (χ0n) is 15.2. The molecule has 2 aromatic rings. The van der Waals surface area contributed by atoms with E-state index in [9.17, 15) is 9.90 Å². The maximum atomic E-state index is 11.8. The summed E-state index contributed by atoms with van der Waals surface area (Å²) in [6.45, 7) is 3.59. The predicted molar refractivity (Wildman–Crippen MR) is 100 cm³/mol. The van der Waals surface area contributed by atoms with Gasteiger partial charge in [0.2, 0.25) is 5.95 Å². The Kier molecular flexibility index (Phi) is 5.05. The van der Waals surface area contributed by atoms with Crippen LogP contribution in [0.4, 0.5) is 5.95 Å². The molecule has 0 saturated carbocycles. The lowest BCUT2D eigenvalue weighted by Gasteiger charge is -2.34. The van der Waals surface area contributed by atoms with Crippen molar-refractivity contribution in [2.75, 3.05) is 31.6 Å². The number of aliphatic carboxylic acids is 1. The number of nitrogens with zero attached hydrogens (tertiary/aromatic N) is 3. The molecule has 142 valence electrons. The second-order valence-corrected chi connectivity index (χ2v) is 7.42. The molecular weight excluding hydrogens is 344 g/mol. The van der Waals surface area contributed by atoms with E-state index in [0.717, 1.165) is 18.5 Å². The molecule has 0 bridgehead atoms. The summed E-state index contributed by atoms with van der Waals surface area (Å²) >= 11 is 0. The van der Waals surface area contributed by atoms with Crippen molar-refractivity contribution in [1.82, 2.24) is 14.9 Å². The van der Waals surface area contributed by atoms with Crippen LogP contribution in [0.3, 0.4) is 0 Å². The third-order valence-electron chi connectivity index (χ3n) is 5.57. The molecule has 1 aromatic carbocycles. The fourth-order valence-electron chi connectivity index (χ4n) is 4.08. The molecule has 0 radical (unpaired) electrons. The third kappa shape index (κ3) is 3.79. The van der Waals surface area contributed by atoms with Crippen LogP contribution in [0.1, 0.15) is 17.5 Å². The van der Waals surface area contributed by atoms with Gasteiger partial charge >= 0.3 is 5.97 Å². The third-order valence-corrected chi connectivity index (χ3v) is 5.57. The summed E-state index contributed by atoms with van der Waals surface area (Å²) in [5, 5.41) is 12.9. The van der Waals surface area contributed by atoms with E-state index in [1.807, 2.05) is 30.6 Å². The van der Waals surface area contributed by atoms with Crippen LogP contribution in [-0.4, -0.2) is 52.2 Å². The lowest BCUT2D eigenvalue weighted by molar-refractivity contribution is -0.159. The summed E-state index contributed by atoms with van der Waals surface area (Å²) in [6, 6.07) is 10.1. The smallest absolute Gasteiger partial charge is 0.313 e. The van der Waals surface area contributed by atoms with Gasteiger partial charge < -0.3 is 15.2 Å². The molecular formula is C20H24N4O3. The first kappa shape index (κ1) is 17.9. The first-order valence-corrected chi connectivity index (χ1v) is 9.28. The number of carbonyl (C=O) groups is 1. The van der Waals surface area contributed by atoms with Crippen LogP contribution >= 0.6 is 0 Å². The molecule has 2 aliphatic heterocycles. The summed E-state index contributed by atoms with van der Waals surface area (Å²) in [6.07, 6.45) is 4.43. The standard InChI is InChI=1S/C20H24N4O3/c25-18(26)20-13-24(12-17(20)6-7-27-14-20)11-16-9-22-19(23-10-16)21-8-15-4-2-1-3-5-15/h1-5,9-10,17H,6-8,11-14H2,(H,25,26)(H,21,22,23)/t17-,20+/m0/s1. The first-order chi connectivity index (χ1) is 13.2. The molecule has 0 unspecified atom stereocenters. The van der Waals surface area contributed by atoms with Gasteiger partial charge in [0.25, 0.3) is 0 Å². The van der Waals surface area contributed by atoms with Gasteiger partial charge in [-0.25, -0.2) is 9.97 Å². The normalized spacial score (nSPS) is 25.1. The molecule has 2 fully saturated rings. The Labute approximate surface area is 158 Å². The molecule has 7 heteroatoms. The number of hydrogen-bond donors (Lipinski definition) is 2. The number of anilines is 1. The highest BCUT2D eigenvalue weighted by Crippen LogP contribution is 2.42. The zero-order valence-corrected chi connectivity index (χ0v) is 15.2. The maximum Gasteiger partial charge on any atom is 0.313 e. The number of carboxylic acids is 1. The van der Waals surface area contributed by atoms with E-state index in [-0.39, 0.29) is 5.92 Å². The molecule has 2 atom stereocenters. The van der Waals surface area contributed by atoms with Gasteiger partial charge in [-0.1, -0.05) is 30.3 Å². The van der Waals surface area contributed by atoms with Gasteiger partial charge in [0.1, 0.15) is 5.41 Å². The molecule has 0 amide bonds. The van der Waals surface area contributed by atoms with Gasteiger partial charge in [0.15, 0.2) is 0 Å². The Morgan fingerprint density at radius 3 is 2.74 bits per heavy atom. The molecule has 2 aliphatic rings. The minimum atomic E-state index is -0.768. The largest absolute Gasteiger partial charge is 0.481 e. The number of fused-ring (bicyclic) bond motifs is 1. The minimum absolute atomic E-state index is 0.150. The van der Waals surface area contributed by atoms with Crippen LogP contribution in [0.2, 0.25) is 0 Å². The second-order valence-electron chi connectivity index (χ2n) is 7.42. The Balaban J connectivity index is 1.35. The van der Waals surface area contributed by atoms with Crippen LogP contribution in [0.5, 0.6) is 0 Å². The van der Waals surface area contributed by atoms with E-state index in [1.165, 1.54) is 5.56 Å². The van der Waals surface area contributed by atoms with Crippen molar-refractivity contribution in [3.05, 3.63) is 53.9 Å². The first-order valence-electron chi connectivity index (χ1n) is 9.28. The predicted octanol–water partition coefficient (Wildman–Crippen LogP) is 2.01. The van der Waals surface area contributed by atoms with Crippen molar-refractivity contribution in [2.45, 2.75) is 19.5 Å². The van der Waals surface area contributed by atoms with Crippen LogP contribution in [0.25, 0.3) is 0 Å². The summed E-state index contributed by atoms with van der Waals surface area (Å²) in [7, 11) is 0. The Hall–Kier alpha value is -2.51. The van der Waals surface area contributed by atoms with Crippen LogP contribution in [0, 0.1) is 11.3 Å². The molecule has 27 heavy (non-hydrogen) atoms. The summed E-state index contributed by atoms with van der Waals surface area (Å²) < 4.78 is 5.49. The second kappa shape index (κ2) is 7.62. The Morgan fingerprint density at radius 1 is 1.26 bits per heavy atom. The Morgan fingerprint density at radius 2 is 2.04 bits per heavy atom. The molecule has 0 spiro atoms. The topological polar surface area (TPSA) is 87.6 Å². The molecule has 1 aromatic heterocycles. The minimum Gasteiger partial charge on any atom is -0.481 e. The highest BCUT2D eigenvalue weighted by molar-refractivity contribution is 5.76. The van der Waals surface area contributed by atoms with E-state index < -0.39 is 11.4 Å². The number of likely N-dealkylation sites (tertiary alicyclic amines) is 1. The van der Waals surface area contributed by atoms with Gasteiger partial charge in [-0.3, -0.25) is 9.69 Å². The van der Waals surface area contributed by atoms with E-state index in [0.29, 0.717) is 38.8 Å². The van der Waals surface area contributed by atoms with Crippen molar-refractivity contribution < 1.29 is 14.6 Å². The van der Waals surface area contributed by atoms with Gasteiger partial charge in [0.05, 0.1) is 6.61 Å². The highest BCUT2D eigenvalue weighted by Gasteiger charge is 2.53. The molecule has 2 saturated heterocycles. The maximum absolute atomic E-state index is 11.8. The number of benzene rings is 1. The number of nitrogens with one attached hydrogen (secondary N) is 1. The van der Waals surface area contributed by atoms with Gasteiger partial charge in [0, 0.05) is 50.7 Å². The quantitative estimate of drug-likeness (QED) is 0.806. The fraction of sp³-hybridized carbons (Fsp3) is 0.450. The fourth-order valence-corrected chi connectivity index (χ4v) is 4.08. The zero-order chi connectivity index (χ0) is 18.7. The van der Waals surface area contributed by atoms with Crippen molar-refractivity contribution in [1.29, 1.82) is 0 Å². The van der Waals surface area contributed by atoms with Crippen LogP contribution in [0.15, 0.2) is 42.7 Å². The van der Waals surface area contributed by atoms with Gasteiger partial charge in [-0.05, 0) is 17.9 Å². The van der Waals surface area contributed by atoms with Gasteiger partial charge in [-0.15, -0.1) is 0 Å². The van der Waals surface area contributed by atoms with Crippen molar-refractivity contribution in [2.24, 2.45) is 11.3 Å². The van der Waals surface area contributed by atoms with Crippen LogP contribution in [-0.2, 0) is 22.6 Å². The van der Waals surface area contributed by atoms with Crippen molar-refractivity contribution in [3.63, 3.8) is 0 Å². The van der Waals surface area contributed by atoms with E-state index in [4.69, 9.17) is 4.74 Å². The monoisotopic (exact) mass is 368 g/mol. The molecule has 0 aliphatic carbocycles. The van der Waals surface area contributed by atoms with Crippen molar-refractivity contribution >= 4 is 11.9 Å². The average Bonchev–Trinajstić information content (AvgIpc) is 3.08. The number of ether oxygens (including phenoxy) is 1. The number of aromatic nitrogens is 2. The lowest BCUT2D eigenvalue weighted by Crippen LogP contribution is -2.46. The van der Waals surface area contributed by atoms with E-state index in [1.54, 1.807) is 0 Å². The number of carboxylic acid groups (broad SMARTS) is 1. The Bertz CT molecular complexity index is 784. The van der Waals surface area contributed by atoms with Gasteiger partial charge in [-0.2, -0.15) is 0 Å². The average molecular weight is 368 g/mol. The lowest BCUT2D eigenvalue weighted by atomic mass is 9.76. The molecule has 3 heterocycles.